The van der Waals surface area contributed by atoms with E-state index in [0.717, 1.165) is 17.5 Å². The molecule has 0 aliphatic carbocycles. The fraction of sp³-hybridized carbons (Fsp3) is 0.571. The number of hydrogen-bond acceptors (Lipinski definition) is 5. The van der Waals surface area contributed by atoms with Crippen LogP contribution in [0.5, 0.6) is 0 Å². The Labute approximate surface area is 255 Å². The minimum absolute atomic E-state index is 0.0402. The van der Waals surface area contributed by atoms with Crippen LogP contribution in [-0.2, 0) is 32.1 Å². The van der Waals surface area contributed by atoms with E-state index in [1.807, 2.05) is 81.4 Å². The SMILES string of the molecule is CC(C)(C)CC(C)(C)NC(=O)C1N([C@@H](CO)Cc2ccccc2)C(=O)[C@@H]2[C@H](C(=O)NCc3ccccc3)[C@]3(C)CCC12O3. The van der Waals surface area contributed by atoms with Gasteiger partial charge in [0.1, 0.15) is 11.6 Å². The van der Waals surface area contributed by atoms with Crippen molar-refractivity contribution in [2.24, 2.45) is 17.3 Å². The Bertz CT molecular complexity index is 1340. The third kappa shape index (κ3) is 5.96. The van der Waals surface area contributed by atoms with Gasteiger partial charge in [-0.1, -0.05) is 81.4 Å². The van der Waals surface area contributed by atoms with E-state index in [9.17, 15) is 19.5 Å². The zero-order chi connectivity index (χ0) is 31.2. The number of benzene rings is 2. The number of carbonyl (C=O) groups is 3. The highest BCUT2D eigenvalue weighted by Gasteiger charge is 2.78. The highest BCUT2D eigenvalue weighted by Crippen LogP contribution is 2.63. The summed E-state index contributed by atoms with van der Waals surface area (Å²) >= 11 is 0. The molecule has 5 rings (SSSR count). The first-order chi connectivity index (χ1) is 20.2. The summed E-state index contributed by atoms with van der Waals surface area (Å²) in [5.74, 6) is -2.42. The molecule has 3 aliphatic rings. The molecule has 43 heavy (non-hydrogen) atoms. The molecule has 2 aromatic carbocycles. The number of rotatable bonds is 10. The maximum atomic E-state index is 14.6. The number of aliphatic hydroxyl groups excluding tert-OH is 1. The summed E-state index contributed by atoms with van der Waals surface area (Å²) in [6.07, 6.45) is 2.15. The lowest BCUT2D eigenvalue weighted by molar-refractivity contribution is -0.150. The van der Waals surface area contributed by atoms with Crippen LogP contribution in [0.25, 0.3) is 0 Å². The van der Waals surface area contributed by atoms with Crippen molar-refractivity contribution in [3.8, 4) is 0 Å². The summed E-state index contributed by atoms with van der Waals surface area (Å²) in [4.78, 5) is 44.4. The van der Waals surface area contributed by atoms with Gasteiger partial charge in [-0.05, 0) is 63.0 Å². The van der Waals surface area contributed by atoms with E-state index in [2.05, 4.69) is 31.4 Å². The zero-order valence-corrected chi connectivity index (χ0v) is 26.4. The molecule has 2 unspecified atom stereocenters. The van der Waals surface area contributed by atoms with Crippen LogP contribution in [0, 0.1) is 17.3 Å². The average Bonchev–Trinajstić information content (AvgIpc) is 3.50. The molecule has 2 bridgehead atoms. The summed E-state index contributed by atoms with van der Waals surface area (Å²) < 4.78 is 6.79. The van der Waals surface area contributed by atoms with Gasteiger partial charge in [0, 0.05) is 12.1 Å². The molecule has 1 spiro atoms. The van der Waals surface area contributed by atoms with Gasteiger partial charge in [-0.15, -0.1) is 0 Å². The van der Waals surface area contributed by atoms with E-state index in [0.29, 0.717) is 25.8 Å². The molecule has 0 aromatic heterocycles. The predicted molar refractivity (Wildman–Crippen MR) is 165 cm³/mol. The van der Waals surface area contributed by atoms with Gasteiger partial charge >= 0.3 is 0 Å². The molecule has 8 nitrogen and oxygen atoms in total. The molecular weight excluding hydrogens is 542 g/mol. The molecule has 232 valence electrons. The lowest BCUT2D eigenvalue weighted by atomic mass is 9.66. The number of fused-ring (bicyclic) bond motifs is 1. The third-order valence-corrected chi connectivity index (χ3v) is 9.41. The summed E-state index contributed by atoms with van der Waals surface area (Å²) in [5.41, 5.74) is -0.722. The number of hydrogen-bond donors (Lipinski definition) is 3. The average molecular weight is 590 g/mol. The van der Waals surface area contributed by atoms with Crippen molar-refractivity contribution in [1.82, 2.24) is 15.5 Å². The van der Waals surface area contributed by atoms with Crippen LogP contribution in [0.15, 0.2) is 60.7 Å². The Morgan fingerprint density at radius 1 is 0.977 bits per heavy atom. The Kier molecular flexibility index (Phi) is 8.24. The molecule has 2 aromatic rings. The minimum atomic E-state index is -1.16. The fourth-order valence-electron chi connectivity index (χ4n) is 8.26. The van der Waals surface area contributed by atoms with Gasteiger partial charge in [-0.2, -0.15) is 0 Å². The highest BCUT2D eigenvalue weighted by molar-refractivity contribution is 5.99. The molecule has 3 amide bonds. The highest BCUT2D eigenvalue weighted by atomic mass is 16.5. The van der Waals surface area contributed by atoms with Crippen LogP contribution < -0.4 is 10.6 Å². The van der Waals surface area contributed by atoms with Crippen molar-refractivity contribution < 1.29 is 24.2 Å². The van der Waals surface area contributed by atoms with Crippen molar-refractivity contribution >= 4 is 17.7 Å². The fourth-order valence-corrected chi connectivity index (χ4v) is 8.26. The Balaban J connectivity index is 1.51. The standard InChI is InChI=1S/C35H47N3O5/c1-32(2,3)22-33(4,5)37-30(41)28-35-18-17-34(6,43-35)26(29(40)36-20-24-15-11-8-12-16-24)27(35)31(42)38(28)25(21-39)19-23-13-9-7-10-14-23/h7-16,25-28,39H,17-22H2,1-6H3,(H,36,40)(H,37,41)/t25-,26-,27+,28?,34+,35?/m1/s1. The molecule has 0 radical (unpaired) electrons. The number of amides is 3. The second-order valence-corrected chi connectivity index (χ2v) is 14.8. The van der Waals surface area contributed by atoms with Gasteiger partial charge in [0.25, 0.3) is 0 Å². The largest absolute Gasteiger partial charge is 0.394 e. The van der Waals surface area contributed by atoms with E-state index in [1.165, 1.54) is 0 Å². The summed E-state index contributed by atoms with van der Waals surface area (Å²) in [6, 6.07) is 17.7. The zero-order valence-electron chi connectivity index (χ0n) is 26.4. The van der Waals surface area contributed by atoms with Gasteiger partial charge in [0.15, 0.2) is 0 Å². The lowest BCUT2D eigenvalue weighted by Gasteiger charge is -2.40. The number of nitrogens with zero attached hydrogens (tertiary/aromatic N) is 1. The van der Waals surface area contributed by atoms with Crippen LogP contribution >= 0.6 is 0 Å². The summed E-state index contributed by atoms with van der Waals surface area (Å²) in [6.45, 7) is 12.3. The molecule has 6 atom stereocenters. The number of carbonyl (C=O) groups excluding carboxylic acids is 3. The van der Waals surface area contributed by atoms with Crippen molar-refractivity contribution in [2.45, 2.75) is 103 Å². The molecule has 3 aliphatic heterocycles. The minimum Gasteiger partial charge on any atom is -0.394 e. The van der Waals surface area contributed by atoms with Crippen LogP contribution in [0.3, 0.4) is 0 Å². The number of likely N-dealkylation sites (tertiary alicyclic amines) is 1. The maximum Gasteiger partial charge on any atom is 0.246 e. The Morgan fingerprint density at radius 3 is 2.16 bits per heavy atom. The number of nitrogens with one attached hydrogen (secondary N) is 2. The van der Waals surface area contributed by atoms with Crippen molar-refractivity contribution in [3.63, 3.8) is 0 Å². The molecule has 0 saturated carbocycles. The monoisotopic (exact) mass is 589 g/mol. The third-order valence-electron chi connectivity index (χ3n) is 9.41. The number of ether oxygens (including phenoxy) is 1. The topological polar surface area (TPSA) is 108 Å². The molecular formula is C35H47N3O5. The van der Waals surface area contributed by atoms with E-state index >= 15 is 0 Å². The van der Waals surface area contributed by atoms with Crippen LogP contribution in [0.2, 0.25) is 0 Å². The normalized spacial score (nSPS) is 29.0. The van der Waals surface area contributed by atoms with Gasteiger partial charge in [0.05, 0.1) is 30.1 Å². The molecule has 3 saturated heterocycles. The van der Waals surface area contributed by atoms with Crippen LogP contribution in [-0.4, -0.2) is 63.2 Å². The predicted octanol–water partition coefficient (Wildman–Crippen LogP) is 4.00. The summed E-state index contributed by atoms with van der Waals surface area (Å²) in [7, 11) is 0. The molecule has 8 heteroatoms. The van der Waals surface area contributed by atoms with Gasteiger partial charge in [-0.25, -0.2) is 0 Å². The van der Waals surface area contributed by atoms with Crippen molar-refractivity contribution in [3.05, 3.63) is 71.8 Å². The Hall–Kier alpha value is -3.23. The first-order valence-electron chi connectivity index (χ1n) is 15.5. The quantitative estimate of drug-likeness (QED) is 0.388. The first kappa shape index (κ1) is 31.2. The first-order valence-corrected chi connectivity index (χ1v) is 15.5. The van der Waals surface area contributed by atoms with E-state index in [-0.39, 0.29) is 29.7 Å². The van der Waals surface area contributed by atoms with E-state index < -0.39 is 40.7 Å². The van der Waals surface area contributed by atoms with E-state index in [1.54, 1.807) is 4.90 Å². The Morgan fingerprint density at radius 2 is 1.58 bits per heavy atom. The van der Waals surface area contributed by atoms with Crippen LogP contribution in [0.1, 0.15) is 71.9 Å². The van der Waals surface area contributed by atoms with Crippen LogP contribution in [0.4, 0.5) is 0 Å². The van der Waals surface area contributed by atoms with Gasteiger partial charge in [-0.3, -0.25) is 14.4 Å². The molecule has 3 heterocycles. The second kappa shape index (κ2) is 11.4. The second-order valence-electron chi connectivity index (χ2n) is 14.8. The van der Waals surface area contributed by atoms with Gasteiger partial charge in [0.2, 0.25) is 17.7 Å². The molecule has 3 N–H and O–H groups in total. The summed E-state index contributed by atoms with van der Waals surface area (Å²) in [5, 5.41) is 17.0. The molecule has 3 fully saturated rings. The smallest absolute Gasteiger partial charge is 0.246 e. The van der Waals surface area contributed by atoms with Gasteiger partial charge < -0.3 is 25.4 Å². The maximum absolute atomic E-state index is 14.6. The number of aliphatic hydroxyl groups is 1. The lowest BCUT2D eigenvalue weighted by Crippen LogP contribution is -2.61. The van der Waals surface area contributed by atoms with Crippen molar-refractivity contribution in [2.75, 3.05) is 6.61 Å². The van der Waals surface area contributed by atoms with E-state index in [4.69, 9.17) is 4.74 Å². The van der Waals surface area contributed by atoms with Crippen molar-refractivity contribution in [1.29, 1.82) is 0 Å².